The molecule has 0 atom stereocenters. The molecule has 0 bridgehead atoms. The number of anilines is 2. The van der Waals surface area contributed by atoms with Crippen LogP contribution in [0.1, 0.15) is 24.0 Å². The summed E-state index contributed by atoms with van der Waals surface area (Å²) in [6.45, 7) is 3.88. The summed E-state index contributed by atoms with van der Waals surface area (Å²) >= 11 is 0. The molecule has 2 aromatic heterocycles. The highest BCUT2D eigenvalue weighted by Gasteiger charge is 2.19. The number of piperidine rings is 1. The van der Waals surface area contributed by atoms with Gasteiger partial charge in [-0.1, -0.05) is 24.3 Å². The fourth-order valence-electron chi connectivity index (χ4n) is 4.57. The lowest BCUT2D eigenvalue weighted by Crippen LogP contribution is -2.38. The highest BCUT2D eigenvalue weighted by atomic mass is 16.3. The van der Waals surface area contributed by atoms with Gasteiger partial charge in [0.05, 0.1) is 5.69 Å². The van der Waals surface area contributed by atoms with Gasteiger partial charge in [0.15, 0.2) is 0 Å². The molecule has 0 unspecified atom stereocenters. The first kappa shape index (κ1) is 23.8. The van der Waals surface area contributed by atoms with Gasteiger partial charge in [0.1, 0.15) is 5.75 Å². The molecule has 0 saturated carbocycles. The SMILES string of the molecule is Oc1ccc(CCNc2nccc(-c3cccc(NC4CCN(Cc5ccncc5)CC4)c3)n2)cc1. The molecule has 3 N–H and O–H groups in total. The minimum Gasteiger partial charge on any atom is -0.508 e. The number of benzene rings is 2. The standard InChI is InChI=1S/C29H32N6O/c36-27-6-4-22(5-7-27)10-16-31-29-32-17-11-28(34-29)24-2-1-3-26(20-24)33-25-12-18-35(19-13-25)21-23-8-14-30-15-9-23/h1-9,11,14-15,17,20,25,33,36H,10,12-13,16,18-19,21H2,(H,31,32,34). The first-order chi connectivity index (χ1) is 17.7. The van der Waals surface area contributed by atoms with Gasteiger partial charge in [-0.3, -0.25) is 9.88 Å². The fourth-order valence-corrected chi connectivity index (χ4v) is 4.57. The predicted molar refractivity (Wildman–Crippen MR) is 144 cm³/mol. The number of pyridine rings is 1. The maximum atomic E-state index is 9.43. The average Bonchev–Trinajstić information content (AvgIpc) is 2.92. The van der Waals surface area contributed by atoms with Gasteiger partial charge in [0, 0.05) is 62.1 Å². The van der Waals surface area contributed by atoms with Gasteiger partial charge in [-0.25, -0.2) is 9.97 Å². The van der Waals surface area contributed by atoms with Gasteiger partial charge in [-0.15, -0.1) is 0 Å². The molecular formula is C29H32N6O. The normalized spacial score (nSPS) is 14.4. The number of likely N-dealkylation sites (tertiary alicyclic amines) is 1. The molecule has 1 aliphatic heterocycles. The molecule has 1 fully saturated rings. The van der Waals surface area contributed by atoms with E-state index in [4.69, 9.17) is 4.98 Å². The maximum absolute atomic E-state index is 9.43. The summed E-state index contributed by atoms with van der Waals surface area (Å²) in [6, 6.07) is 22.4. The van der Waals surface area contributed by atoms with Gasteiger partial charge in [0.2, 0.25) is 5.95 Å². The van der Waals surface area contributed by atoms with Crippen LogP contribution in [-0.2, 0) is 13.0 Å². The summed E-state index contributed by atoms with van der Waals surface area (Å²) in [7, 11) is 0. The van der Waals surface area contributed by atoms with Crippen LogP contribution in [0.25, 0.3) is 11.3 Å². The highest BCUT2D eigenvalue weighted by molar-refractivity contribution is 5.65. The quantitative estimate of drug-likeness (QED) is 0.312. The number of hydrogen-bond acceptors (Lipinski definition) is 7. The van der Waals surface area contributed by atoms with Crippen LogP contribution in [0, 0.1) is 0 Å². The Kier molecular flexibility index (Phi) is 7.68. The predicted octanol–water partition coefficient (Wildman–Crippen LogP) is 4.98. The van der Waals surface area contributed by atoms with Gasteiger partial charge in [0.25, 0.3) is 0 Å². The monoisotopic (exact) mass is 480 g/mol. The second kappa shape index (κ2) is 11.6. The Labute approximate surface area is 212 Å². The zero-order valence-corrected chi connectivity index (χ0v) is 20.3. The summed E-state index contributed by atoms with van der Waals surface area (Å²) in [5, 5.41) is 16.5. The number of phenols is 1. The van der Waals surface area contributed by atoms with E-state index in [0.29, 0.717) is 12.0 Å². The Balaban J connectivity index is 1.14. The number of aromatic hydroxyl groups is 1. The third-order valence-electron chi connectivity index (χ3n) is 6.56. The van der Waals surface area contributed by atoms with Crippen LogP contribution in [0.2, 0.25) is 0 Å². The van der Waals surface area contributed by atoms with Gasteiger partial charge >= 0.3 is 0 Å². The smallest absolute Gasteiger partial charge is 0.223 e. The van der Waals surface area contributed by atoms with E-state index in [1.165, 1.54) is 5.56 Å². The molecule has 0 aliphatic carbocycles. The van der Waals surface area contributed by atoms with E-state index >= 15 is 0 Å². The van der Waals surface area contributed by atoms with Crippen molar-refractivity contribution in [3.63, 3.8) is 0 Å². The molecule has 4 aromatic rings. The summed E-state index contributed by atoms with van der Waals surface area (Å²) in [5.41, 5.74) is 5.56. The van der Waals surface area contributed by atoms with E-state index in [9.17, 15) is 5.11 Å². The van der Waals surface area contributed by atoms with E-state index in [1.807, 2.05) is 30.6 Å². The van der Waals surface area contributed by atoms with Crippen molar-refractivity contribution in [2.24, 2.45) is 0 Å². The second-order valence-corrected chi connectivity index (χ2v) is 9.24. The Hall–Kier alpha value is -3.97. The Bertz CT molecular complexity index is 1240. The topological polar surface area (TPSA) is 86.2 Å². The molecule has 3 heterocycles. The third-order valence-corrected chi connectivity index (χ3v) is 6.56. The molecule has 184 valence electrons. The lowest BCUT2D eigenvalue weighted by atomic mass is 10.0. The van der Waals surface area contributed by atoms with Crippen molar-refractivity contribution >= 4 is 11.6 Å². The zero-order chi connectivity index (χ0) is 24.6. The molecule has 5 rings (SSSR count). The first-order valence-electron chi connectivity index (χ1n) is 12.5. The largest absolute Gasteiger partial charge is 0.508 e. The minimum atomic E-state index is 0.283. The van der Waals surface area contributed by atoms with Crippen molar-refractivity contribution in [2.75, 3.05) is 30.3 Å². The van der Waals surface area contributed by atoms with Crippen LogP contribution in [0.15, 0.2) is 85.3 Å². The van der Waals surface area contributed by atoms with Crippen molar-refractivity contribution in [3.8, 4) is 17.0 Å². The second-order valence-electron chi connectivity index (χ2n) is 9.24. The van der Waals surface area contributed by atoms with E-state index in [1.54, 1.807) is 18.3 Å². The first-order valence-corrected chi connectivity index (χ1v) is 12.5. The van der Waals surface area contributed by atoms with Crippen molar-refractivity contribution in [2.45, 2.75) is 31.8 Å². The molecule has 7 heteroatoms. The van der Waals surface area contributed by atoms with E-state index < -0.39 is 0 Å². The summed E-state index contributed by atoms with van der Waals surface area (Å²) < 4.78 is 0. The summed E-state index contributed by atoms with van der Waals surface area (Å²) in [6.07, 6.45) is 8.60. The maximum Gasteiger partial charge on any atom is 0.223 e. The fraction of sp³-hybridized carbons (Fsp3) is 0.276. The molecular weight excluding hydrogens is 448 g/mol. The Morgan fingerprint density at radius 3 is 2.50 bits per heavy atom. The van der Waals surface area contributed by atoms with Gasteiger partial charge < -0.3 is 15.7 Å². The minimum absolute atomic E-state index is 0.283. The molecule has 1 saturated heterocycles. The Morgan fingerprint density at radius 1 is 0.889 bits per heavy atom. The van der Waals surface area contributed by atoms with Crippen LogP contribution in [0.3, 0.4) is 0 Å². The Morgan fingerprint density at radius 2 is 1.69 bits per heavy atom. The summed E-state index contributed by atoms with van der Waals surface area (Å²) in [4.78, 5) is 15.7. The molecule has 1 aliphatic rings. The molecule has 2 aromatic carbocycles. The highest BCUT2D eigenvalue weighted by Crippen LogP contribution is 2.24. The lowest BCUT2D eigenvalue weighted by Gasteiger charge is -2.33. The van der Waals surface area contributed by atoms with Crippen molar-refractivity contribution in [3.05, 3.63) is 96.4 Å². The van der Waals surface area contributed by atoms with Gasteiger partial charge in [-0.2, -0.15) is 0 Å². The van der Waals surface area contributed by atoms with Crippen LogP contribution in [0.5, 0.6) is 5.75 Å². The molecule has 36 heavy (non-hydrogen) atoms. The van der Waals surface area contributed by atoms with E-state index in [0.717, 1.165) is 67.9 Å². The summed E-state index contributed by atoms with van der Waals surface area (Å²) in [5.74, 6) is 0.900. The number of rotatable bonds is 9. The zero-order valence-electron chi connectivity index (χ0n) is 20.3. The number of nitrogens with zero attached hydrogens (tertiary/aromatic N) is 4. The van der Waals surface area contributed by atoms with Crippen molar-refractivity contribution in [1.29, 1.82) is 0 Å². The van der Waals surface area contributed by atoms with Crippen molar-refractivity contribution < 1.29 is 5.11 Å². The van der Waals surface area contributed by atoms with Crippen LogP contribution in [-0.4, -0.2) is 50.6 Å². The lowest BCUT2D eigenvalue weighted by molar-refractivity contribution is 0.211. The van der Waals surface area contributed by atoms with Crippen LogP contribution < -0.4 is 10.6 Å². The van der Waals surface area contributed by atoms with Crippen molar-refractivity contribution in [1.82, 2.24) is 19.9 Å². The number of nitrogens with one attached hydrogen (secondary N) is 2. The van der Waals surface area contributed by atoms with Crippen LogP contribution in [0.4, 0.5) is 11.6 Å². The molecule has 7 nitrogen and oxygen atoms in total. The van der Waals surface area contributed by atoms with Crippen LogP contribution >= 0.6 is 0 Å². The molecule has 0 radical (unpaired) electrons. The number of hydrogen-bond donors (Lipinski definition) is 3. The van der Waals surface area contributed by atoms with E-state index in [-0.39, 0.29) is 5.75 Å². The van der Waals surface area contributed by atoms with Gasteiger partial charge in [-0.05, 0) is 72.9 Å². The number of phenolic OH excluding ortho intramolecular Hbond substituents is 1. The molecule has 0 amide bonds. The number of aromatic nitrogens is 3. The van der Waals surface area contributed by atoms with E-state index in [2.05, 4.69) is 61.9 Å². The molecule has 0 spiro atoms. The average molecular weight is 481 g/mol. The third kappa shape index (κ3) is 6.58.